The van der Waals surface area contributed by atoms with Gasteiger partial charge in [0.05, 0.1) is 30.8 Å². The van der Waals surface area contributed by atoms with Crippen LogP contribution in [0.4, 0.5) is 19.0 Å². The standard InChI is InChI=1S/C23H17F3N6O/c1-27-19-6-5-17(16-11-28-32(12-16)13-22(7-8-22)23(24,25)26)21(29-19)15-4-3-14-10-20(33-2)31-30-18(14)9-15/h3-6,9-12H,7-8,13H2,2H3. The van der Waals surface area contributed by atoms with Crippen molar-refractivity contribution in [3.63, 3.8) is 0 Å². The zero-order valence-electron chi connectivity index (χ0n) is 17.5. The first kappa shape index (κ1) is 20.9. The summed E-state index contributed by atoms with van der Waals surface area (Å²) in [6.45, 7) is 7.11. The maximum atomic E-state index is 13.4. The summed E-state index contributed by atoms with van der Waals surface area (Å²) in [6, 6.07) is 10.6. The molecule has 1 fully saturated rings. The molecule has 5 rings (SSSR count). The predicted octanol–water partition coefficient (Wildman–Crippen LogP) is 5.46. The molecule has 1 aliphatic rings. The van der Waals surface area contributed by atoms with E-state index in [1.807, 2.05) is 12.1 Å². The SMILES string of the molecule is [C-]#[N+]c1ccc(-c2cnn(CC3(C(F)(F)F)CC3)c2)c(-c2ccc3cc(OC)nnc3c2)n1. The summed E-state index contributed by atoms with van der Waals surface area (Å²) in [5.41, 5.74) is 1.41. The molecule has 4 aromatic rings. The molecule has 0 saturated heterocycles. The van der Waals surface area contributed by atoms with Crippen molar-refractivity contribution in [2.75, 3.05) is 7.11 Å². The van der Waals surface area contributed by atoms with Crippen molar-refractivity contribution >= 4 is 16.7 Å². The number of methoxy groups -OCH3 is 1. The van der Waals surface area contributed by atoms with E-state index >= 15 is 0 Å². The van der Waals surface area contributed by atoms with Crippen molar-refractivity contribution < 1.29 is 17.9 Å². The van der Waals surface area contributed by atoms with Gasteiger partial charge < -0.3 is 9.58 Å². The van der Waals surface area contributed by atoms with Gasteiger partial charge in [-0.25, -0.2) is 0 Å². The fourth-order valence-electron chi connectivity index (χ4n) is 3.81. The van der Waals surface area contributed by atoms with Gasteiger partial charge in [0.25, 0.3) is 5.82 Å². The molecule has 7 nitrogen and oxygen atoms in total. The Morgan fingerprint density at radius 3 is 2.64 bits per heavy atom. The quantitative estimate of drug-likeness (QED) is 0.378. The van der Waals surface area contributed by atoms with Crippen molar-refractivity contribution in [1.82, 2.24) is 25.0 Å². The second-order valence-corrected chi connectivity index (χ2v) is 8.04. The Morgan fingerprint density at radius 1 is 1.12 bits per heavy atom. The van der Waals surface area contributed by atoms with E-state index in [2.05, 4.69) is 25.1 Å². The van der Waals surface area contributed by atoms with E-state index in [0.717, 1.165) is 5.39 Å². The molecule has 3 aromatic heterocycles. The van der Waals surface area contributed by atoms with Crippen LogP contribution in [0.1, 0.15) is 12.8 Å². The maximum absolute atomic E-state index is 13.4. The summed E-state index contributed by atoms with van der Waals surface area (Å²) in [4.78, 5) is 7.88. The van der Waals surface area contributed by atoms with Gasteiger partial charge >= 0.3 is 6.18 Å². The summed E-state index contributed by atoms with van der Waals surface area (Å²) in [5.74, 6) is 0.597. The average Bonchev–Trinajstić information content (AvgIpc) is 3.47. The largest absolute Gasteiger partial charge is 0.480 e. The molecule has 0 atom stereocenters. The van der Waals surface area contributed by atoms with Crippen LogP contribution < -0.4 is 4.74 Å². The molecule has 1 aliphatic carbocycles. The van der Waals surface area contributed by atoms with Crippen LogP contribution >= 0.6 is 0 Å². The van der Waals surface area contributed by atoms with Crippen LogP contribution in [-0.2, 0) is 6.54 Å². The number of alkyl halides is 3. The highest BCUT2D eigenvalue weighted by molar-refractivity contribution is 5.88. The van der Waals surface area contributed by atoms with Gasteiger partial charge in [0.15, 0.2) is 5.69 Å². The first-order valence-corrected chi connectivity index (χ1v) is 10.1. The van der Waals surface area contributed by atoms with Gasteiger partial charge in [-0.05, 0) is 31.0 Å². The minimum Gasteiger partial charge on any atom is -0.480 e. The third-order valence-electron chi connectivity index (χ3n) is 5.91. The molecule has 10 heteroatoms. The third kappa shape index (κ3) is 3.75. The van der Waals surface area contributed by atoms with Gasteiger partial charge in [-0.1, -0.05) is 18.7 Å². The highest BCUT2D eigenvalue weighted by Crippen LogP contribution is 2.58. The molecule has 0 amide bonds. The molecule has 0 spiro atoms. The minimum absolute atomic E-state index is 0.112. The second kappa shape index (κ2) is 7.55. The number of halogens is 3. The van der Waals surface area contributed by atoms with Gasteiger partial charge in [-0.3, -0.25) is 4.68 Å². The van der Waals surface area contributed by atoms with Crippen LogP contribution in [0.5, 0.6) is 5.88 Å². The van der Waals surface area contributed by atoms with Crippen molar-refractivity contribution in [1.29, 1.82) is 0 Å². The summed E-state index contributed by atoms with van der Waals surface area (Å²) in [7, 11) is 1.51. The number of fused-ring (bicyclic) bond motifs is 1. The van der Waals surface area contributed by atoms with Crippen LogP contribution in [0.15, 0.2) is 48.8 Å². The van der Waals surface area contributed by atoms with Crippen molar-refractivity contribution in [3.05, 3.63) is 60.2 Å². The number of hydrogen-bond acceptors (Lipinski definition) is 5. The number of benzene rings is 1. The predicted molar refractivity (Wildman–Crippen MR) is 115 cm³/mol. The van der Waals surface area contributed by atoms with Gasteiger partial charge in [-0.2, -0.15) is 18.3 Å². The number of ether oxygens (including phenoxy) is 1. The highest BCUT2D eigenvalue weighted by atomic mass is 19.4. The van der Waals surface area contributed by atoms with E-state index < -0.39 is 11.6 Å². The van der Waals surface area contributed by atoms with Crippen LogP contribution in [0, 0.1) is 12.0 Å². The monoisotopic (exact) mass is 450 g/mol. The van der Waals surface area contributed by atoms with E-state index in [0.29, 0.717) is 33.8 Å². The molecule has 1 aromatic carbocycles. The maximum Gasteiger partial charge on any atom is 0.396 e. The molecule has 0 unspecified atom stereocenters. The summed E-state index contributed by atoms with van der Waals surface area (Å²) >= 11 is 0. The summed E-state index contributed by atoms with van der Waals surface area (Å²) < 4.78 is 46.5. The summed E-state index contributed by atoms with van der Waals surface area (Å²) in [5, 5.41) is 13.2. The molecule has 3 heterocycles. The Labute approximate surface area is 186 Å². The third-order valence-corrected chi connectivity index (χ3v) is 5.91. The number of nitrogens with zero attached hydrogens (tertiary/aromatic N) is 6. The van der Waals surface area contributed by atoms with Crippen molar-refractivity contribution in [2.45, 2.75) is 25.6 Å². The van der Waals surface area contributed by atoms with E-state index in [4.69, 9.17) is 11.3 Å². The number of aromatic nitrogens is 5. The zero-order valence-corrected chi connectivity index (χ0v) is 17.5. The summed E-state index contributed by atoms with van der Waals surface area (Å²) in [6.07, 6.45) is -0.911. The molecule has 0 radical (unpaired) electrons. The average molecular weight is 450 g/mol. The van der Waals surface area contributed by atoms with Crippen molar-refractivity contribution in [3.8, 4) is 28.3 Å². The number of hydrogen-bond donors (Lipinski definition) is 0. The molecule has 166 valence electrons. The molecule has 0 bridgehead atoms. The zero-order chi connectivity index (χ0) is 23.2. The highest BCUT2D eigenvalue weighted by Gasteiger charge is 2.63. The normalized spacial score (nSPS) is 14.8. The smallest absolute Gasteiger partial charge is 0.396 e. The van der Waals surface area contributed by atoms with Gasteiger partial charge in [0.1, 0.15) is 0 Å². The van der Waals surface area contributed by atoms with E-state index in [1.165, 1.54) is 18.0 Å². The lowest BCUT2D eigenvalue weighted by Gasteiger charge is -2.18. The van der Waals surface area contributed by atoms with E-state index in [9.17, 15) is 13.2 Å². The first-order valence-electron chi connectivity index (χ1n) is 10.1. The van der Waals surface area contributed by atoms with Gasteiger partial charge in [0, 0.05) is 34.3 Å². The van der Waals surface area contributed by atoms with Gasteiger partial charge in [-0.15, -0.1) is 15.2 Å². The topological polar surface area (TPSA) is 70.1 Å². The second-order valence-electron chi connectivity index (χ2n) is 8.04. The molecular formula is C23H17F3N6O. The molecule has 1 saturated carbocycles. The molecular weight excluding hydrogens is 433 g/mol. The van der Waals surface area contributed by atoms with E-state index in [-0.39, 0.29) is 25.2 Å². The lowest BCUT2D eigenvalue weighted by Crippen LogP contribution is -2.29. The number of rotatable bonds is 5. The lowest BCUT2D eigenvalue weighted by atomic mass is 10.0. The Morgan fingerprint density at radius 2 is 1.94 bits per heavy atom. The Hall–Kier alpha value is -4.00. The molecule has 33 heavy (non-hydrogen) atoms. The van der Waals surface area contributed by atoms with Gasteiger partial charge in [0.2, 0.25) is 5.88 Å². The molecule has 0 aliphatic heterocycles. The Balaban J connectivity index is 1.55. The minimum atomic E-state index is -4.25. The Kier molecular flexibility index (Phi) is 4.78. The van der Waals surface area contributed by atoms with Crippen molar-refractivity contribution in [2.24, 2.45) is 5.41 Å². The lowest BCUT2D eigenvalue weighted by molar-refractivity contribution is -0.191. The molecule has 0 N–H and O–H groups in total. The van der Waals surface area contributed by atoms with Crippen LogP contribution in [0.2, 0.25) is 0 Å². The fraction of sp³-hybridized carbons (Fsp3) is 0.261. The van der Waals surface area contributed by atoms with Crippen LogP contribution in [-0.4, -0.2) is 38.2 Å². The fourth-order valence-corrected chi connectivity index (χ4v) is 3.81. The van der Waals surface area contributed by atoms with Crippen LogP contribution in [0.3, 0.4) is 0 Å². The first-order chi connectivity index (χ1) is 15.8. The van der Waals surface area contributed by atoms with E-state index in [1.54, 1.807) is 30.5 Å². The number of pyridine rings is 1. The van der Waals surface area contributed by atoms with Crippen LogP contribution in [0.25, 0.3) is 38.1 Å². The Bertz CT molecular complexity index is 1400.